The van der Waals surface area contributed by atoms with Crippen molar-refractivity contribution in [2.45, 2.75) is 24.5 Å². The third-order valence-electron chi connectivity index (χ3n) is 4.68. The lowest BCUT2D eigenvalue weighted by Crippen LogP contribution is -2.28. The van der Waals surface area contributed by atoms with E-state index in [0.29, 0.717) is 28.7 Å². The van der Waals surface area contributed by atoms with Crippen molar-refractivity contribution < 1.29 is 9.59 Å². The van der Waals surface area contributed by atoms with Crippen LogP contribution in [-0.4, -0.2) is 38.9 Å². The fourth-order valence-electron chi connectivity index (χ4n) is 2.92. The number of hydrogen-bond acceptors (Lipinski definition) is 5. The molecule has 0 radical (unpaired) electrons. The molecule has 0 aliphatic heterocycles. The second-order valence-corrected chi connectivity index (χ2v) is 8.34. The first-order valence-electron chi connectivity index (χ1n) is 9.83. The molecule has 0 bridgehead atoms. The molecule has 1 atom stereocenters. The van der Waals surface area contributed by atoms with E-state index in [4.69, 9.17) is 11.6 Å². The summed E-state index contributed by atoms with van der Waals surface area (Å²) >= 11 is 7.17. The number of hydrogen-bond donors (Lipinski definition) is 2. The van der Waals surface area contributed by atoms with Crippen molar-refractivity contribution in [3.63, 3.8) is 0 Å². The molecule has 2 N–H and O–H groups in total. The van der Waals surface area contributed by atoms with Gasteiger partial charge in [0.2, 0.25) is 5.91 Å². The highest BCUT2D eigenvalue weighted by molar-refractivity contribution is 7.99. The second-order valence-electron chi connectivity index (χ2n) is 6.96. The van der Waals surface area contributed by atoms with E-state index < -0.39 is 0 Å². The van der Waals surface area contributed by atoms with E-state index in [-0.39, 0.29) is 23.6 Å². The standard InChI is InChI=1S/C22H24ClN5O2S/c1-15(16-6-4-3-5-7-16)25-20(29)14-31-22-27-26-19(28(22)2)12-13-24-21(30)17-8-10-18(23)11-9-17/h3-11,15H,12-14H2,1-2H3,(H,24,30)(H,25,29)/t15-/m0/s1. The van der Waals surface area contributed by atoms with Crippen LogP contribution in [0.2, 0.25) is 5.02 Å². The van der Waals surface area contributed by atoms with Gasteiger partial charge in [-0.05, 0) is 36.8 Å². The number of nitrogens with one attached hydrogen (secondary N) is 2. The van der Waals surface area contributed by atoms with Gasteiger partial charge in [0.05, 0.1) is 11.8 Å². The van der Waals surface area contributed by atoms with Gasteiger partial charge in [-0.15, -0.1) is 10.2 Å². The Balaban J connectivity index is 1.44. The molecule has 0 spiro atoms. The fraction of sp³-hybridized carbons (Fsp3) is 0.273. The molecule has 0 aliphatic rings. The molecular weight excluding hydrogens is 434 g/mol. The lowest BCUT2D eigenvalue weighted by molar-refractivity contribution is -0.119. The SMILES string of the molecule is C[C@H](NC(=O)CSc1nnc(CCNC(=O)c2ccc(Cl)cc2)n1C)c1ccccc1. The summed E-state index contributed by atoms with van der Waals surface area (Å²) in [5.41, 5.74) is 1.61. The lowest BCUT2D eigenvalue weighted by atomic mass is 10.1. The van der Waals surface area contributed by atoms with E-state index in [2.05, 4.69) is 20.8 Å². The summed E-state index contributed by atoms with van der Waals surface area (Å²) in [6.07, 6.45) is 0.528. The third-order valence-corrected chi connectivity index (χ3v) is 5.95. The van der Waals surface area contributed by atoms with Crippen LogP contribution < -0.4 is 10.6 Å². The van der Waals surface area contributed by atoms with Gasteiger partial charge in [0.25, 0.3) is 5.91 Å². The zero-order chi connectivity index (χ0) is 22.2. The molecule has 2 aromatic carbocycles. The van der Waals surface area contributed by atoms with Gasteiger partial charge in [-0.2, -0.15) is 0 Å². The number of amides is 2. The van der Waals surface area contributed by atoms with Crippen LogP contribution >= 0.6 is 23.4 Å². The van der Waals surface area contributed by atoms with E-state index in [0.717, 1.165) is 11.4 Å². The molecule has 0 saturated heterocycles. The smallest absolute Gasteiger partial charge is 0.251 e. The highest BCUT2D eigenvalue weighted by Crippen LogP contribution is 2.17. The number of benzene rings is 2. The summed E-state index contributed by atoms with van der Waals surface area (Å²) in [5, 5.41) is 15.4. The number of carbonyl (C=O) groups excluding carboxylic acids is 2. The highest BCUT2D eigenvalue weighted by atomic mass is 35.5. The zero-order valence-electron chi connectivity index (χ0n) is 17.3. The topological polar surface area (TPSA) is 88.9 Å². The molecule has 7 nitrogen and oxygen atoms in total. The number of aromatic nitrogens is 3. The summed E-state index contributed by atoms with van der Waals surface area (Å²) in [5.74, 6) is 0.743. The van der Waals surface area contributed by atoms with Crippen LogP contribution in [0.1, 0.15) is 34.7 Å². The predicted octanol–water partition coefficient (Wildman–Crippen LogP) is 3.41. The molecule has 2 amide bonds. The molecule has 0 saturated carbocycles. The minimum absolute atomic E-state index is 0.0615. The summed E-state index contributed by atoms with van der Waals surface area (Å²) in [6, 6.07) is 16.5. The summed E-state index contributed by atoms with van der Waals surface area (Å²) in [6.45, 7) is 2.38. The predicted molar refractivity (Wildman–Crippen MR) is 122 cm³/mol. The van der Waals surface area contributed by atoms with Crippen molar-refractivity contribution in [2.75, 3.05) is 12.3 Å². The minimum atomic E-state index is -0.169. The Labute approximate surface area is 190 Å². The van der Waals surface area contributed by atoms with E-state index in [1.807, 2.05) is 48.9 Å². The minimum Gasteiger partial charge on any atom is -0.352 e. The number of carbonyl (C=O) groups is 2. The van der Waals surface area contributed by atoms with Crippen molar-refractivity contribution in [2.24, 2.45) is 7.05 Å². The van der Waals surface area contributed by atoms with Crippen LogP contribution in [-0.2, 0) is 18.3 Å². The Hall–Kier alpha value is -2.84. The van der Waals surface area contributed by atoms with Crippen molar-refractivity contribution in [3.8, 4) is 0 Å². The maximum absolute atomic E-state index is 12.3. The van der Waals surface area contributed by atoms with Crippen molar-refractivity contribution in [1.29, 1.82) is 0 Å². The summed E-state index contributed by atoms with van der Waals surface area (Å²) in [7, 11) is 1.85. The first-order chi connectivity index (χ1) is 14.9. The van der Waals surface area contributed by atoms with Crippen LogP contribution in [0.4, 0.5) is 0 Å². The number of nitrogens with zero attached hydrogens (tertiary/aromatic N) is 3. The first kappa shape index (κ1) is 22.8. The average molecular weight is 458 g/mol. The van der Waals surface area contributed by atoms with Gasteiger partial charge < -0.3 is 15.2 Å². The summed E-state index contributed by atoms with van der Waals surface area (Å²) in [4.78, 5) is 24.4. The molecule has 3 rings (SSSR count). The molecule has 9 heteroatoms. The Morgan fingerprint density at radius 3 is 2.52 bits per heavy atom. The molecule has 31 heavy (non-hydrogen) atoms. The van der Waals surface area contributed by atoms with E-state index in [9.17, 15) is 9.59 Å². The van der Waals surface area contributed by atoms with Crippen molar-refractivity contribution in [3.05, 3.63) is 76.6 Å². The molecule has 0 unspecified atom stereocenters. The van der Waals surface area contributed by atoms with E-state index in [1.165, 1.54) is 11.8 Å². The van der Waals surface area contributed by atoms with Crippen LogP contribution in [0, 0.1) is 0 Å². The van der Waals surface area contributed by atoms with Gasteiger partial charge in [-0.25, -0.2) is 0 Å². The molecular formula is C22H24ClN5O2S. The van der Waals surface area contributed by atoms with Crippen molar-refractivity contribution in [1.82, 2.24) is 25.4 Å². The van der Waals surface area contributed by atoms with E-state index >= 15 is 0 Å². The van der Waals surface area contributed by atoms with Gasteiger partial charge >= 0.3 is 0 Å². The number of halogens is 1. The number of thioether (sulfide) groups is 1. The number of rotatable bonds is 9. The van der Waals surface area contributed by atoms with Crippen LogP contribution in [0.5, 0.6) is 0 Å². The highest BCUT2D eigenvalue weighted by Gasteiger charge is 2.14. The maximum atomic E-state index is 12.3. The summed E-state index contributed by atoms with van der Waals surface area (Å²) < 4.78 is 1.84. The Morgan fingerprint density at radius 2 is 1.81 bits per heavy atom. The Kier molecular flexibility index (Phi) is 8.08. The van der Waals surface area contributed by atoms with Gasteiger partial charge in [-0.1, -0.05) is 53.7 Å². The molecule has 1 heterocycles. The zero-order valence-corrected chi connectivity index (χ0v) is 18.9. The first-order valence-corrected chi connectivity index (χ1v) is 11.2. The molecule has 0 fully saturated rings. The largest absolute Gasteiger partial charge is 0.352 e. The molecule has 1 aromatic heterocycles. The van der Waals surface area contributed by atoms with Crippen LogP contribution in [0.15, 0.2) is 59.8 Å². The second kappa shape index (κ2) is 11.0. The average Bonchev–Trinajstić information content (AvgIpc) is 3.12. The van der Waals surface area contributed by atoms with Gasteiger partial charge in [0.15, 0.2) is 5.16 Å². The molecule has 0 aliphatic carbocycles. The lowest BCUT2D eigenvalue weighted by Gasteiger charge is -2.14. The van der Waals surface area contributed by atoms with Gasteiger partial charge in [-0.3, -0.25) is 9.59 Å². The fourth-order valence-corrected chi connectivity index (χ4v) is 3.79. The van der Waals surface area contributed by atoms with Crippen LogP contribution in [0.3, 0.4) is 0 Å². The molecule has 3 aromatic rings. The Bertz CT molecular complexity index is 1020. The maximum Gasteiger partial charge on any atom is 0.251 e. The quantitative estimate of drug-likeness (QED) is 0.481. The monoisotopic (exact) mass is 457 g/mol. The molecule has 162 valence electrons. The normalized spacial score (nSPS) is 11.7. The Morgan fingerprint density at radius 1 is 1.10 bits per heavy atom. The van der Waals surface area contributed by atoms with Gasteiger partial charge in [0, 0.05) is 30.6 Å². The third kappa shape index (κ3) is 6.57. The van der Waals surface area contributed by atoms with Crippen LogP contribution in [0.25, 0.3) is 0 Å². The van der Waals surface area contributed by atoms with E-state index in [1.54, 1.807) is 24.3 Å². The van der Waals surface area contributed by atoms with Crippen molar-refractivity contribution >= 4 is 35.2 Å². The van der Waals surface area contributed by atoms with Gasteiger partial charge in [0.1, 0.15) is 5.82 Å².